The summed E-state index contributed by atoms with van der Waals surface area (Å²) < 4.78 is 63.2. The van der Waals surface area contributed by atoms with Crippen LogP contribution in [0, 0.1) is 23.3 Å². The van der Waals surface area contributed by atoms with Crippen molar-refractivity contribution in [3.8, 4) is 5.75 Å². The second-order valence-corrected chi connectivity index (χ2v) is 5.76. The van der Waals surface area contributed by atoms with Gasteiger partial charge in [0.15, 0.2) is 23.1 Å². The molecule has 0 atom stereocenters. The summed E-state index contributed by atoms with van der Waals surface area (Å²) in [5, 5.41) is 2.66. The predicted octanol–water partition coefficient (Wildman–Crippen LogP) is 3.10. The van der Waals surface area contributed by atoms with E-state index in [1.807, 2.05) is 19.0 Å². The topological polar surface area (TPSA) is 54.7 Å². The van der Waals surface area contributed by atoms with Crippen molar-refractivity contribution < 1.29 is 31.5 Å². The second-order valence-electron chi connectivity index (χ2n) is 5.76. The quantitative estimate of drug-likeness (QED) is 0.438. The fourth-order valence-corrected chi connectivity index (χ4v) is 2.08. The van der Waals surface area contributed by atoms with E-state index >= 15 is 0 Å². The van der Waals surface area contributed by atoms with E-state index in [-0.39, 0.29) is 17.6 Å². The van der Waals surface area contributed by atoms with Crippen LogP contribution in [-0.4, -0.2) is 38.0 Å². The van der Waals surface area contributed by atoms with Crippen molar-refractivity contribution in [2.75, 3.05) is 27.2 Å². The summed E-state index contributed by atoms with van der Waals surface area (Å²) in [7, 11) is 3.83. The minimum atomic E-state index is -1.64. The largest absolute Gasteiger partial charge is 0.479 e. The fourth-order valence-electron chi connectivity index (χ4n) is 2.08. The Bertz CT molecular complexity index is 751. The zero-order chi connectivity index (χ0) is 19.3. The molecule has 9 heteroatoms. The van der Waals surface area contributed by atoms with Gasteiger partial charge < -0.3 is 19.4 Å². The molecule has 1 amide bonds. The Morgan fingerprint density at radius 3 is 2.42 bits per heavy atom. The number of carbonyl (C=O) groups is 1. The average Bonchev–Trinajstić information content (AvgIpc) is 3.05. The molecule has 26 heavy (non-hydrogen) atoms. The molecule has 1 aromatic heterocycles. The zero-order valence-electron chi connectivity index (χ0n) is 14.2. The molecule has 142 valence electrons. The summed E-state index contributed by atoms with van der Waals surface area (Å²) in [6.45, 7) is 0.742. The number of ether oxygens (including phenoxy) is 1. The third kappa shape index (κ3) is 4.98. The van der Waals surface area contributed by atoms with E-state index in [0.717, 1.165) is 13.0 Å². The molecule has 0 bridgehead atoms. The lowest BCUT2D eigenvalue weighted by molar-refractivity contribution is 0.0920. The van der Waals surface area contributed by atoms with Crippen molar-refractivity contribution >= 4 is 5.91 Å². The number of hydrogen-bond acceptors (Lipinski definition) is 4. The Labute approximate surface area is 147 Å². The molecule has 0 aliphatic carbocycles. The molecule has 0 saturated carbocycles. The first-order valence-corrected chi connectivity index (χ1v) is 7.77. The van der Waals surface area contributed by atoms with Crippen LogP contribution in [0.1, 0.15) is 22.7 Å². The molecule has 1 N–H and O–H groups in total. The third-order valence-electron chi connectivity index (χ3n) is 3.38. The van der Waals surface area contributed by atoms with Gasteiger partial charge in [0.2, 0.25) is 11.6 Å². The van der Waals surface area contributed by atoms with Crippen LogP contribution >= 0.6 is 0 Å². The van der Waals surface area contributed by atoms with E-state index in [1.165, 1.54) is 12.1 Å². The normalized spacial score (nSPS) is 11.0. The molecular formula is C17H18F4N2O3. The monoisotopic (exact) mass is 374 g/mol. The number of halogens is 4. The zero-order valence-corrected chi connectivity index (χ0v) is 14.2. The van der Waals surface area contributed by atoms with Gasteiger partial charge in [-0.25, -0.2) is 8.78 Å². The maximum atomic E-state index is 13.5. The Morgan fingerprint density at radius 2 is 1.81 bits per heavy atom. The molecule has 0 saturated heterocycles. The first kappa shape index (κ1) is 19.8. The summed E-state index contributed by atoms with van der Waals surface area (Å²) in [4.78, 5) is 13.9. The van der Waals surface area contributed by atoms with E-state index in [2.05, 4.69) is 5.32 Å². The number of amides is 1. The summed E-state index contributed by atoms with van der Waals surface area (Å²) in [6.07, 6.45) is 0.749. The Hall–Kier alpha value is -2.55. The van der Waals surface area contributed by atoms with Crippen LogP contribution in [0.4, 0.5) is 17.6 Å². The summed E-state index contributed by atoms with van der Waals surface area (Å²) >= 11 is 0. The van der Waals surface area contributed by atoms with E-state index in [1.54, 1.807) is 0 Å². The Kier molecular flexibility index (Phi) is 6.62. The summed E-state index contributed by atoms with van der Waals surface area (Å²) in [6, 6.07) is 2.81. The molecule has 0 spiro atoms. The summed E-state index contributed by atoms with van der Waals surface area (Å²) in [5.74, 6) is -8.03. The van der Waals surface area contributed by atoms with Crippen molar-refractivity contribution in [3.63, 3.8) is 0 Å². The molecule has 0 unspecified atom stereocenters. The predicted molar refractivity (Wildman–Crippen MR) is 84.8 cm³/mol. The number of nitrogens with zero attached hydrogens (tertiary/aromatic N) is 1. The number of rotatable bonds is 8. The number of carbonyl (C=O) groups excluding carboxylic acids is 1. The van der Waals surface area contributed by atoms with Gasteiger partial charge in [0.05, 0.1) is 0 Å². The molecular weight excluding hydrogens is 356 g/mol. The van der Waals surface area contributed by atoms with Crippen LogP contribution in [-0.2, 0) is 6.61 Å². The molecule has 5 nitrogen and oxygen atoms in total. The number of furan rings is 1. The smallest absolute Gasteiger partial charge is 0.286 e. The minimum absolute atomic E-state index is 0.0141. The van der Waals surface area contributed by atoms with Gasteiger partial charge in [0.25, 0.3) is 5.91 Å². The van der Waals surface area contributed by atoms with Crippen molar-refractivity contribution in [1.82, 2.24) is 10.2 Å². The maximum absolute atomic E-state index is 13.5. The van der Waals surface area contributed by atoms with Gasteiger partial charge in [-0.3, -0.25) is 4.79 Å². The first-order chi connectivity index (χ1) is 12.3. The van der Waals surface area contributed by atoms with Crippen LogP contribution in [0.2, 0.25) is 0 Å². The van der Waals surface area contributed by atoms with Crippen molar-refractivity contribution in [3.05, 3.63) is 53.0 Å². The van der Waals surface area contributed by atoms with Gasteiger partial charge in [-0.2, -0.15) is 8.78 Å². The van der Waals surface area contributed by atoms with Crippen LogP contribution in [0.3, 0.4) is 0 Å². The van der Waals surface area contributed by atoms with Gasteiger partial charge >= 0.3 is 0 Å². The Morgan fingerprint density at radius 1 is 1.15 bits per heavy atom. The van der Waals surface area contributed by atoms with Gasteiger partial charge in [-0.05, 0) is 39.2 Å². The molecule has 0 aliphatic rings. The standard InChI is InChI=1S/C17H18F4N2O3/c1-23(2)7-3-6-22-17(24)13-5-4-10(26-13)9-25-16-14(20)11(18)8-12(19)15(16)21/h4-5,8H,3,6-7,9H2,1-2H3,(H,22,24). The average molecular weight is 374 g/mol. The molecule has 1 heterocycles. The van der Waals surface area contributed by atoms with Gasteiger partial charge in [-0.1, -0.05) is 0 Å². The van der Waals surface area contributed by atoms with E-state index in [9.17, 15) is 22.4 Å². The number of hydrogen-bond donors (Lipinski definition) is 1. The fraction of sp³-hybridized carbons (Fsp3) is 0.353. The van der Waals surface area contributed by atoms with E-state index in [0.29, 0.717) is 6.54 Å². The number of benzene rings is 1. The highest BCUT2D eigenvalue weighted by Gasteiger charge is 2.21. The van der Waals surface area contributed by atoms with Gasteiger partial charge in [-0.15, -0.1) is 0 Å². The molecule has 0 aliphatic heterocycles. The lowest BCUT2D eigenvalue weighted by atomic mass is 10.3. The molecule has 0 radical (unpaired) electrons. The number of nitrogens with one attached hydrogen (secondary N) is 1. The van der Waals surface area contributed by atoms with Gasteiger partial charge in [0, 0.05) is 12.6 Å². The maximum Gasteiger partial charge on any atom is 0.286 e. The third-order valence-corrected chi connectivity index (χ3v) is 3.38. The highest BCUT2D eigenvalue weighted by atomic mass is 19.2. The molecule has 2 aromatic rings. The van der Waals surface area contributed by atoms with Crippen LogP contribution in [0.25, 0.3) is 0 Å². The SMILES string of the molecule is CN(C)CCCNC(=O)c1ccc(COc2c(F)c(F)cc(F)c2F)o1. The molecule has 1 aromatic carbocycles. The minimum Gasteiger partial charge on any atom is -0.479 e. The van der Waals surface area contributed by atoms with Crippen molar-refractivity contribution in [2.45, 2.75) is 13.0 Å². The lowest BCUT2D eigenvalue weighted by Gasteiger charge is -2.09. The Balaban J connectivity index is 1.94. The van der Waals surface area contributed by atoms with Crippen molar-refractivity contribution in [1.29, 1.82) is 0 Å². The van der Waals surface area contributed by atoms with Gasteiger partial charge in [0.1, 0.15) is 12.4 Å². The van der Waals surface area contributed by atoms with Crippen LogP contribution < -0.4 is 10.1 Å². The first-order valence-electron chi connectivity index (χ1n) is 7.77. The van der Waals surface area contributed by atoms with E-state index in [4.69, 9.17) is 9.15 Å². The molecule has 0 fully saturated rings. The highest BCUT2D eigenvalue weighted by Crippen LogP contribution is 2.27. The highest BCUT2D eigenvalue weighted by molar-refractivity contribution is 5.91. The van der Waals surface area contributed by atoms with E-state index < -0.39 is 41.5 Å². The summed E-state index contributed by atoms with van der Waals surface area (Å²) in [5.41, 5.74) is 0. The van der Waals surface area contributed by atoms with Crippen molar-refractivity contribution in [2.24, 2.45) is 0 Å². The molecule has 2 rings (SSSR count). The lowest BCUT2D eigenvalue weighted by Crippen LogP contribution is -2.26. The second kappa shape index (κ2) is 8.70. The van der Waals surface area contributed by atoms with Crippen LogP contribution in [0.15, 0.2) is 22.6 Å². The van der Waals surface area contributed by atoms with Crippen LogP contribution in [0.5, 0.6) is 5.75 Å².